The zero-order valence-electron chi connectivity index (χ0n) is 20.3. The van der Waals surface area contributed by atoms with E-state index in [2.05, 4.69) is 31.4 Å². The van der Waals surface area contributed by atoms with Crippen LogP contribution in [0, 0.1) is 17.0 Å². The minimum atomic E-state index is -0.775. The lowest BCUT2D eigenvalue weighted by molar-refractivity contribution is -0.122. The number of halogens is 2. The van der Waals surface area contributed by atoms with E-state index in [0.29, 0.717) is 6.42 Å². The van der Waals surface area contributed by atoms with Crippen LogP contribution in [-0.4, -0.2) is 50.4 Å². The maximum Gasteiger partial charge on any atom is 0.254 e. The Kier molecular flexibility index (Phi) is 9.11. The average molecular weight is 460 g/mol. The molecule has 2 atom stereocenters. The second kappa shape index (κ2) is 11.4. The highest BCUT2D eigenvalue weighted by molar-refractivity contribution is 5.94. The summed E-state index contributed by atoms with van der Waals surface area (Å²) in [6.45, 7) is 6.62. The zero-order chi connectivity index (χ0) is 24.8. The monoisotopic (exact) mass is 459 g/mol. The van der Waals surface area contributed by atoms with Gasteiger partial charge in [-0.2, -0.15) is 0 Å². The number of carbonyl (C=O) groups is 2. The van der Waals surface area contributed by atoms with Gasteiger partial charge in [0.05, 0.1) is 5.56 Å². The molecular weight excluding hydrogens is 424 g/mol. The van der Waals surface area contributed by atoms with E-state index in [4.69, 9.17) is 0 Å². The molecule has 0 unspecified atom stereocenters. The molecule has 0 aliphatic carbocycles. The van der Waals surface area contributed by atoms with E-state index in [9.17, 15) is 18.4 Å². The molecule has 0 aliphatic heterocycles. The van der Waals surface area contributed by atoms with Gasteiger partial charge < -0.3 is 15.5 Å². The van der Waals surface area contributed by atoms with Crippen molar-refractivity contribution in [2.45, 2.75) is 45.6 Å². The van der Waals surface area contributed by atoms with E-state index in [1.54, 1.807) is 0 Å². The number of nitrogens with one attached hydrogen (secondary N) is 2. The van der Waals surface area contributed by atoms with Crippen molar-refractivity contribution >= 4 is 11.8 Å². The first-order valence-corrected chi connectivity index (χ1v) is 11.1. The fraction of sp³-hybridized carbons (Fsp3) is 0.462. The van der Waals surface area contributed by atoms with Crippen molar-refractivity contribution in [2.24, 2.45) is 5.41 Å². The molecule has 0 spiro atoms. The molecule has 2 rings (SSSR count). The SMILES string of the molecule is CNC(=O)c1cc(F)c(C[C@@H](CNC(=O)C[C@@H](c2ccccc2)C(C)(C)C)N(C)C)cc1F. The van der Waals surface area contributed by atoms with Crippen molar-refractivity contribution in [3.8, 4) is 0 Å². The Bertz CT molecular complexity index is 956. The Balaban J connectivity index is 2.09. The summed E-state index contributed by atoms with van der Waals surface area (Å²) in [4.78, 5) is 26.4. The molecule has 5 nitrogen and oxygen atoms in total. The summed E-state index contributed by atoms with van der Waals surface area (Å²) >= 11 is 0. The first kappa shape index (κ1) is 26.5. The van der Waals surface area contributed by atoms with E-state index in [0.717, 1.165) is 17.7 Å². The molecule has 7 heteroatoms. The maximum absolute atomic E-state index is 14.6. The summed E-state index contributed by atoms with van der Waals surface area (Å²) in [6, 6.07) is 11.7. The number of hydrogen-bond donors (Lipinski definition) is 2. The van der Waals surface area contributed by atoms with E-state index in [-0.39, 0.29) is 47.4 Å². The Morgan fingerprint density at radius 2 is 1.67 bits per heavy atom. The molecule has 33 heavy (non-hydrogen) atoms. The van der Waals surface area contributed by atoms with Crippen molar-refractivity contribution in [1.29, 1.82) is 0 Å². The minimum Gasteiger partial charge on any atom is -0.355 e. The molecular formula is C26H35F2N3O2. The smallest absolute Gasteiger partial charge is 0.254 e. The number of hydrogen-bond acceptors (Lipinski definition) is 3. The summed E-state index contributed by atoms with van der Waals surface area (Å²) in [7, 11) is 5.01. The number of carbonyl (C=O) groups excluding carboxylic acids is 2. The number of rotatable bonds is 9. The molecule has 0 saturated carbocycles. The van der Waals surface area contributed by atoms with Gasteiger partial charge in [0, 0.05) is 26.1 Å². The van der Waals surface area contributed by atoms with E-state index in [1.165, 1.54) is 7.05 Å². The van der Waals surface area contributed by atoms with Crippen molar-refractivity contribution in [2.75, 3.05) is 27.7 Å². The van der Waals surface area contributed by atoms with Gasteiger partial charge in [0.15, 0.2) is 0 Å². The van der Waals surface area contributed by atoms with Crippen LogP contribution in [0.4, 0.5) is 8.78 Å². The van der Waals surface area contributed by atoms with Crippen molar-refractivity contribution in [1.82, 2.24) is 15.5 Å². The summed E-state index contributed by atoms with van der Waals surface area (Å²) in [5.74, 6) is -2.15. The number of amides is 2. The van der Waals surface area contributed by atoms with Gasteiger partial charge >= 0.3 is 0 Å². The second-order valence-electron chi connectivity index (χ2n) is 9.66. The molecule has 0 bridgehead atoms. The lowest BCUT2D eigenvalue weighted by Crippen LogP contribution is -2.42. The highest BCUT2D eigenvalue weighted by Crippen LogP contribution is 2.37. The number of nitrogens with zero attached hydrogens (tertiary/aromatic N) is 1. The summed E-state index contributed by atoms with van der Waals surface area (Å²) in [5.41, 5.74) is 0.831. The first-order chi connectivity index (χ1) is 15.4. The van der Waals surface area contributed by atoms with Crippen LogP contribution < -0.4 is 10.6 Å². The standard InChI is InChI=1S/C26H35F2N3O2/c1-26(2,3)21(17-10-8-7-9-11-17)15-24(32)30-16-19(31(5)6)12-18-13-23(28)20(14-22(18)27)25(33)29-4/h7-11,13-14,19,21H,12,15-16H2,1-6H3,(H,29,33)(H,30,32)/t19-,21-/m0/s1. The van der Waals surface area contributed by atoms with Crippen LogP contribution in [0.2, 0.25) is 0 Å². The fourth-order valence-electron chi connectivity index (χ4n) is 3.84. The molecule has 0 saturated heterocycles. The van der Waals surface area contributed by atoms with Crippen LogP contribution in [0.3, 0.4) is 0 Å². The fourth-order valence-corrected chi connectivity index (χ4v) is 3.84. The molecule has 0 aromatic heterocycles. The molecule has 0 aliphatic rings. The van der Waals surface area contributed by atoms with Gasteiger partial charge in [-0.1, -0.05) is 51.1 Å². The normalized spacial score (nSPS) is 13.5. The van der Waals surface area contributed by atoms with Gasteiger partial charge in [0.25, 0.3) is 5.91 Å². The Hall–Kier alpha value is -2.80. The molecule has 180 valence electrons. The Morgan fingerprint density at radius 3 is 2.21 bits per heavy atom. The van der Waals surface area contributed by atoms with E-state index in [1.807, 2.05) is 49.3 Å². The zero-order valence-corrected chi connectivity index (χ0v) is 20.3. The van der Waals surface area contributed by atoms with Crippen molar-refractivity contribution < 1.29 is 18.4 Å². The third-order valence-corrected chi connectivity index (χ3v) is 5.97. The second-order valence-corrected chi connectivity index (χ2v) is 9.66. The Morgan fingerprint density at radius 1 is 1.03 bits per heavy atom. The summed E-state index contributed by atoms with van der Waals surface area (Å²) < 4.78 is 28.9. The van der Waals surface area contributed by atoms with Crippen LogP contribution in [0.1, 0.15) is 54.6 Å². The minimum absolute atomic E-state index is 0.0419. The van der Waals surface area contributed by atoms with Gasteiger partial charge in [0.1, 0.15) is 11.6 Å². The highest BCUT2D eigenvalue weighted by atomic mass is 19.1. The van der Waals surface area contributed by atoms with Crippen molar-refractivity contribution in [3.05, 3.63) is 70.8 Å². The van der Waals surface area contributed by atoms with Crippen LogP contribution in [0.15, 0.2) is 42.5 Å². The molecule has 0 fully saturated rings. The molecule has 2 aromatic rings. The van der Waals surface area contributed by atoms with E-state index < -0.39 is 17.5 Å². The van der Waals surface area contributed by atoms with E-state index >= 15 is 0 Å². The van der Waals surface area contributed by atoms with Gasteiger partial charge in [-0.15, -0.1) is 0 Å². The van der Waals surface area contributed by atoms with Gasteiger partial charge in [-0.3, -0.25) is 9.59 Å². The summed E-state index contributed by atoms with van der Waals surface area (Å²) in [5, 5.41) is 5.27. The van der Waals surface area contributed by atoms with Crippen LogP contribution in [0.25, 0.3) is 0 Å². The quantitative estimate of drug-likeness (QED) is 0.593. The third kappa shape index (κ3) is 7.35. The molecule has 2 aromatic carbocycles. The lowest BCUT2D eigenvalue weighted by atomic mass is 9.74. The van der Waals surface area contributed by atoms with Crippen LogP contribution in [0.5, 0.6) is 0 Å². The van der Waals surface area contributed by atoms with Gasteiger partial charge in [-0.25, -0.2) is 8.78 Å². The molecule has 2 N–H and O–H groups in total. The van der Waals surface area contributed by atoms with Crippen LogP contribution >= 0.6 is 0 Å². The third-order valence-electron chi connectivity index (χ3n) is 5.97. The lowest BCUT2D eigenvalue weighted by Gasteiger charge is -2.31. The van der Waals surface area contributed by atoms with Crippen LogP contribution in [-0.2, 0) is 11.2 Å². The average Bonchev–Trinajstić information content (AvgIpc) is 2.75. The van der Waals surface area contributed by atoms with Gasteiger partial charge in [0.2, 0.25) is 5.91 Å². The number of likely N-dealkylation sites (N-methyl/N-ethyl adjacent to an activating group) is 1. The predicted molar refractivity (Wildman–Crippen MR) is 127 cm³/mol. The Labute approximate surface area is 195 Å². The molecule has 0 heterocycles. The summed E-state index contributed by atoms with van der Waals surface area (Å²) in [6.07, 6.45) is 0.517. The molecule has 0 radical (unpaired) electrons. The maximum atomic E-state index is 14.6. The molecule has 2 amide bonds. The predicted octanol–water partition coefficient (Wildman–Crippen LogP) is 4.13. The highest BCUT2D eigenvalue weighted by Gasteiger charge is 2.29. The largest absolute Gasteiger partial charge is 0.355 e. The topological polar surface area (TPSA) is 61.4 Å². The van der Waals surface area contributed by atoms with Crippen molar-refractivity contribution in [3.63, 3.8) is 0 Å². The number of benzene rings is 2. The van der Waals surface area contributed by atoms with Gasteiger partial charge in [-0.05, 0) is 55.1 Å². The first-order valence-electron chi connectivity index (χ1n) is 11.1.